The Labute approximate surface area is 114 Å². The highest BCUT2D eigenvalue weighted by Crippen LogP contribution is 2.09. The number of nitrogens with two attached hydrogens (primary N) is 1. The fraction of sp³-hybridized carbons (Fsp3) is 0.462. The lowest BCUT2D eigenvalue weighted by Gasteiger charge is -2.07. The largest absolute Gasteiger partial charge is 0.375 e. The molecule has 0 saturated carbocycles. The van der Waals surface area contributed by atoms with Gasteiger partial charge in [-0.2, -0.15) is 5.10 Å². The number of thiocarbonyl (C=S) groups is 1. The van der Waals surface area contributed by atoms with Crippen molar-refractivity contribution in [2.24, 2.45) is 10.8 Å². The molecule has 98 valence electrons. The van der Waals surface area contributed by atoms with Crippen LogP contribution in [0.4, 0.5) is 0 Å². The standard InChI is InChI=1S/C13H20N4S/c1-2-3-4-5-6-12(16-17-13(14)18)11-7-9-15-10-8-11/h7-10H,2-6H2,1H3,(H3,14,17,18)/b16-12-. The molecular formula is C13H20N4S. The summed E-state index contributed by atoms with van der Waals surface area (Å²) in [5, 5.41) is 4.45. The second-order valence-corrected chi connectivity index (χ2v) is 4.52. The van der Waals surface area contributed by atoms with Gasteiger partial charge >= 0.3 is 0 Å². The molecule has 1 aromatic heterocycles. The molecule has 4 nitrogen and oxygen atoms in total. The minimum atomic E-state index is 0.190. The maximum atomic E-state index is 5.40. The van der Waals surface area contributed by atoms with Gasteiger partial charge < -0.3 is 5.73 Å². The molecule has 0 aliphatic heterocycles. The van der Waals surface area contributed by atoms with Crippen LogP contribution in [-0.4, -0.2) is 15.8 Å². The van der Waals surface area contributed by atoms with E-state index in [1.807, 2.05) is 12.1 Å². The highest BCUT2D eigenvalue weighted by atomic mass is 32.1. The Morgan fingerprint density at radius 2 is 2.06 bits per heavy atom. The predicted molar refractivity (Wildman–Crippen MR) is 79.5 cm³/mol. The van der Waals surface area contributed by atoms with Crippen molar-refractivity contribution in [3.63, 3.8) is 0 Å². The summed E-state index contributed by atoms with van der Waals surface area (Å²) < 4.78 is 0. The molecule has 0 saturated heterocycles. The van der Waals surface area contributed by atoms with Gasteiger partial charge in [0.15, 0.2) is 5.11 Å². The van der Waals surface area contributed by atoms with E-state index in [0.717, 1.165) is 24.1 Å². The number of hydrazone groups is 1. The molecule has 0 spiro atoms. The van der Waals surface area contributed by atoms with E-state index in [4.69, 9.17) is 18.0 Å². The Morgan fingerprint density at radius 3 is 2.67 bits per heavy atom. The first kappa shape index (κ1) is 14.6. The van der Waals surface area contributed by atoms with Gasteiger partial charge in [0.2, 0.25) is 0 Å². The molecule has 0 atom stereocenters. The number of pyridine rings is 1. The van der Waals surface area contributed by atoms with Gasteiger partial charge in [-0.05, 0) is 37.2 Å². The third-order valence-electron chi connectivity index (χ3n) is 2.58. The van der Waals surface area contributed by atoms with Crippen molar-refractivity contribution < 1.29 is 0 Å². The Kier molecular flexibility index (Phi) is 6.94. The zero-order valence-electron chi connectivity index (χ0n) is 10.7. The Bertz CT molecular complexity index is 389. The van der Waals surface area contributed by atoms with Crippen molar-refractivity contribution in [2.75, 3.05) is 0 Å². The van der Waals surface area contributed by atoms with Gasteiger partial charge in [0, 0.05) is 18.0 Å². The molecule has 0 unspecified atom stereocenters. The smallest absolute Gasteiger partial charge is 0.184 e. The first-order valence-corrected chi connectivity index (χ1v) is 6.67. The van der Waals surface area contributed by atoms with Crippen LogP contribution < -0.4 is 11.2 Å². The number of rotatable bonds is 7. The molecule has 0 aliphatic rings. The van der Waals surface area contributed by atoms with E-state index in [2.05, 4.69) is 22.4 Å². The van der Waals surface area contributed by atoms with Gasteiger partial charge in [-0.15, -0.1) is 0 Å². The molecule has 0 aliphatic carbocycles. The minimum absolute atomic E-state index is 0.190. The number of hydrogen-bond donors (Lipinski definition) is 2. The highest BCUT2D eigenvalue weighted by molar-refractivity contribution is 7.80. The second kappa shape index (κ2) is 8.58. The van der Waals surface area contributed by atoms with Crippen molar-refractivity contribution >= 4 is 23.0 Å². The van der Waals surface area contributed by atoms with Crippen LogP contribution in [0.15, 0.2) is 29.6 Å². The maximum absolute atomic E-state index is 5.40. The van der Waals surface area contributed by atoms with E-state index in [1.54, 1.807) is 12.4 Å². The van der Waals surface area contributed by atoms with Crippen LogP contribution in [0.25, 0.3) is 0 Å². The normalized spacial score (nSPS) is 11.3. The molecule has 3 N–H and O–H groups in total. The summed E-state index contributed by atoms with van der Waals surface area (Å²) in [5.74, 6) is 0. The minimum Gasteiger partial charge on any atom is -0.375 e. The molecule has 1 aromatic rings. The SMILES string of the molecule is CCCCCC/C(=N/NC(N)=S)c1ccncc1. The molecule has 0 radical (unpaired) electrons. The molecule has 5 heteroatoms. The molecule has 0 aromatic carbocycles. The lowest BCUT2D eigenvalue weighted by atomic mass is 10.0. The number of unbranched alkanes of at least 4 members (excludes halogenated alkanes) is 3. The van der Waals surface area contributed by atoms with Crippen LogP contribution in [0.5, 0.6) is 0 Å². The zero-order valence-corrected chi connectivity index (χ0v) is 11.5. The van der Waals surface area contributed by atoms with Crippen LogP contribution >= 0.6 is 12.2 Å². The lowest BCUT2D eigenvalue weighted by Crippen LogP contribution is -2.25. The quantitative estimate of drug-likeness (QED) is 0.344. The fourth-order valence-electron chi connectivity index (χ4n) is 1.65. The van der Waals surface area contributed by atoms with Crippen molar-refractivity contribution in [3.05, 3.63) is 30.1 Å². The molecular weight excluding hydrogens is 244 g/mol. The molecule has 0 amide bonds. The summed E-state index contributed by atoms with van der Waals surface area (Å²) in [6, 6.07) is 3.89. The van der Waals surface area contributed by atoms with Gasteiger partial charge in [-0.1, -0.05) is 26.2 Å². The summed E-state index contributed by atoms with van der Waals surface area (Å²) in [6.45, 7) is 2.20. The molecule has 0 bridgehead atoms. The molecule has 1 rings (SSSR count). The zero-order chi connectivity index (χ0) is 13.2. The summed E-state index contributed by atoms with van der Waals surface area (Å²) in [5.41, 5.74) is 10.1. The molecule has 1 heterocycles. The number of nitrogens with one attached hydrogen (secondary N) is 1. The van der Waals surface area contributed by atoms with E-state index >= 15 is 0 Å². The average Bonchev–Trinajstić information content (AvgIpc) is 2.38. The summed E-state index contributed by atoms with van der Waals surface area (Å²) in [6.07, 6.45) is 9.26. The first-order chi connectivity index (χ1) is 8.74. The fourth-order valence-corrected chi connectivity index (χ4v) is 1.70. The van der Waals surface area contributed by atoms with Crippen LogP contribution in [0.2, 0.25) is 0 Å². The van der Waals surface area contributed by atoms with E-state index in [9.17, 15) is 0 Å². The van der Waals surface area contributed by atoms with E-state index in [-0.39, 0.29) is 5.11 Å². The monoisotopic (exact) mass is 264 g/mol. The average molecular weight is 264 g/mol. The van der Waals surface area contributed by atoms with Crippen LogP contribution in [0.1, 0.15) is 44.6 Å². The summed E-state index contributed by atoms with van der Waals surface area (Å²) in [7, 11) is 0. The van der Waals surface area contributed by atoms with Gasteiger partial charge in [-0.3, -0.25) is 10.4 Å². The lowest BCUT2D eigenvalue weighted by molar-refractivity contribution is 0.682. The Hall–Kier alpha value is -1.49. The van der Waals surface area contributed by atoms with Crippen molar-refractivity contribution in [1.82, 2.24) is 10.4 Å². The predicted octanol–water partition coefficient (Wildman–Crippen LogP) is 2.59. The second-order valence-electron chi connectivity index (χ2n) is 4.08. The third-order valence-corrected chi connectivity index (χ3v) is 2.67. The van der Waals surface area contributed by atoms with Gasteiger partial charge in [-0.25, -0.2) is 0 Å². The Morgan fingerprint density at radius 1 is 1.33 bits per heavy atom. The Balaban J connectivity index is 2.64. The number of nitrogens with zero attached hydrogens (tertiary/aromatic N) is 2. The molecule has 18 heavy (non-hydrogen) atoms. The van der Waals surface area contributed by atoms with Crippen LogP contribution in [0, 0.1) is 0 Å². The van der Waals surface area contributed by atoms with Gasteiger partial charge in [0.05, 0.1) is 5.71 Å². The highest BCUT2D eigenvalue weighted by Gasteiger charge is 2.03. The van der Waals surface area contributed by atoms with Crippen molar-refractivity contribution in [3.8, 4) is 0 Å². The van der Waals surface area contributed by atoms with Crippen molar-refractivity contribution in [2.45, 2.75) is 39.0 Å². The van der Waals surface area contributed by atoms with E-state index in [1.165, 1.54) is 19.3 Å². The number of aromatic nitrogens is 1. The maximum Gasteiger partial charge on any atom is 0.184 e. The summed E-state index contributed by atoms with van der Waals surface area (Å²) in [4.78, 5) is 4.01. The topological polar surface area (TPSA) is 63.3 Å². The number of hydrogen-bond acceptors (Lipinski definition) is 3. The first-order valence-electron chi connectivity index (χ1n) is 6.26. The van der Waals surface area contributed by atoms with Gasteiger partial charge in [0.25, 0.3) is 0 Å². The van der Waals surface area contributed by atoms with Crippen LogP contribution in [-0.2, 0) is 0 Å². The molecule has 0 fully saturated rings. The third kappa shape index (κ3) is 5.72. The van der Waals surface area contributed by atoms with E-state index in [0.29, 0.717) is 0 Å². The van der Waals surface area contributed by atoms with Gasteiger partial charge in [0.1, 0.15) is 0 Å². The van der Waals surface area contributed by atoms with E-state index < -0.39 is 0 Å². The van der Waals surface area contributed by atoms with Crippen LogP contribution in [0.3, 0.4) is 0 Å². The summed E-state index contributed by atoms with van der Waals surface area (Å²) >= 11 is 4.77. The van der Waals surface area contributed by atoms with Crippen molar-refractivity contribution in [1.29, 1.82) is 0 Å².